The third kappa shape index (κ3) is 4.37. The van der Waals surface area contributed by atoms with Crippen LogP contribution in [0.3, 0.4) is 0 Å². The molecule has 0 aliphatic heterocycles. The molecule has 2 aromatic rings. The van der Waals surface area contributed by atoms with Gasteiger partial charge in [0.2, 0.25) is 0 Å². The van der Waals surface area contributed by atoms with Gasteiger partial charge in [-0.3, -0.25) is 0 Å². The molecule has 0 heterocycles. The summed E-state index contributed by atoms with van der Waals surface area (Å²) in [6.07, 6.45) is 0.812. The van der Waals surface area contributed by atoms with E-state index in [1.54, 1.807) is 12.1 Å². The van der Waals surface area contributed by atoms with Gasteiger partial charge in [-0.05, 0) is 50.6 Å². The second-order valence-electron chi connectivity index (χ2n) is 5.22. The SMILES string of the molecule is Cc1ccc(O)c(C(C)NCCc2ccc(Cl)cc2Cl)c1. The fraction of sp³-hybridized carbons (Fsp3) is 0.294. The minimum Gasteiger partial charge on any atom is -0.508 e. The molecule has 0 saturated heterocycles. The van der Waals surface area contributed by atoms with Gasteiger partial charge in [-0.2, -0.15) is 0 Å². The number of halogens is 2. The summed E-state index contributed by atoms with van der Waals surface area (Å²) >= 11 is 12.0. The van der Waals surface area contributed by atoms with Gasteiger partial charge in [-0.1, -0.05) is 47.0 Å². The molecule has 2 N–H and O–H groups in total. The van der Waals surface area contributed by atoms with Gasteiger partial charge in [0.25, 0.3) is 0 Å². The molecule has 4 heteroatoms. The number of nitrogens with one attached hydrogen (secondary N) is 1. The zero-order valence-corrected chi connectivity index (χ0v) is 13.7. The molecule has 0 spiro atoms. The minimum atomic E-state index is 0.0796. The van der Waals surface area contributed by atoms with Crippen LogP contribution in [0.5, 0.6) is 5.75 Å². The third-order valence-electron chi connectivity index (χ3n) is 3.51. The van der Waals surface area contributed by atoms with E-state index in [0.717, 1.165) is 29.7 Å². The van der Waals surface area contributed by atoms with Crippen LogP contribution < -0.4 is 5.32 Å². The minimum absolute atomic E-state index is 0.0796. The van der Waals surface area contributed by atoms with E-state index in [1.807, 2.05) is 38.1 Å². The topological polar surface area (TPSA) is 32.3 Å². The molecule has 112 valence electrons. The van der Waals surface area contributed by atoms with Crippen LogP contribution >= 0.6 is 23.2 Å². The second-order valence-corrected chi connectivity index (χ2v) is 6.07. The molecular formula is C17H19Cl2NO. The first-order valence-electron chi connectivity index (χ1n) is 6.94. The van der Waals surface area contributed by atoms with Gasteiger partial charge in [-0.15, -0.1) is 0 Å². The first-order chi connectivity index (χ1) is 9.97. The van der Waals surface area contributed by atoms with Gasteiger partial charge in [0.05, 0.1) is 0 Å². The number of aryl methyl sites for hydroxylation is 1. The lowest BCUT2D eigenvalue weighted by molar-refractivity contribution is 0.453. The predicted molar refractivity (Wildman–Crippen MR) is 89.4 cm³/mol. The third-order valence-corrected chi connectivity index (χ3v) is 4.10. The molecule has 1 atom stereocenters. The number of aromatic hydroxyl groups is 1. The Bertz CT molecular complexity index is 628. The van der Waals surface area contributed by atoms with E-state index in [2.05, 4.69) is 5.32 Å². The number of rotatable bonds is 5. The number of phenols is 1. The number of hydrogen-bond donors (Lipinski definition) is 2. The summed E-state index contributed by atoms with van der Waals surface area (Å²) < 4.78 is 0. The van der Waals surface area contributed by atoms with Gasteiger partial charge in [0.1, 0.15) is 5.75 Å². The van der Waals surface area contributed by atoms with Crippen molar-refractivity contribution in [3.63, 3.8) is 0 Å². The van der Waals surface area contributed by atoms with Crippen LogP contribution in [-0.4, -0.2) is 11.7 Å². The fourth-order valence-electron chi connectivity index (χ4n) is 2.28. The van der Waals surface area contributed by atoms with Gasteiger partial charge < -0.3 is 10.4 Å². The van der Waals surface area contributed by atoms with Crippen LogP contribution in [0.2, 0.25) is 10.0 Å². The van der Waals surface area contributed by atoms with Crippen LogP contribution in [-0.2, 0) is 6.42 Å². The van der Waals surface area contributed by atoms with Crippen LogP contribution in [0, 0.1) is 6.92 Å². The lowest BCUT2D eigenvalue weighted by Gasteiger charge is -2.16. The van der Waals surface area contributed by atoms with Crippen molar-refractivity contribution in [2.45, 2.75) is 26.3 Å². The maximum absolute atomic E-state index is 9.92. The second kappa shape index (κ2) is 7.17. The molecule has 0 bridgehead atoms. The van der Waals surface area contributed by atoms with Crippen molar-refractivity contribution in [1.29, 1.82) is 0 Å². The molecule has 0 saturated carbocycles. The molecule has 1 unspecified atom stereocenters. The molecule has 0 aliphatic carbocycles. The Labute approximate surface area is 135 Å². The normalized spacial score (nSPS) is 12.4. The Kier molecular flexibility index (Phi) is 5.51. The Morgan fingerprint density at radius 2 is 1.90 bits per heavy atom. The maximum Gasteiger partial charge on any atom is 0.120 e. The van der Waals surface area contributed by atoms with Crippen molar-refractivity contribution in [3.8, 4) is 5.75 Å². The highest BCUT2D eigenvalue weighted by Crippen LogP contribution is 2.25. The van der Waals surface area contributed by atoms with E-state index in [-0.39, 0.29) is 6.04 Å². The molecule has 2 rings (SSSR count). The van der Waals surface area contributed by atoms with Crippen molar-refractivity contribution >= 4 is 23.2 Å². The van der Waals surface area contributed by atoms with Gasteiger partial charge in [-0.25, -0.2) is 0 Å². The standard InChI is InChI=1S/C17H19Cl2NO/c1-11-3-6-17(21)15(9-11)12(2)20-8-7-13-4-5-14(18)10-16(13)19/h3-6,9-10,12,20-21H,7-8H2,1-2H3. The molecule has 2 nitrogen and oxygen atoms in total. The first-order valence-corrected chi connectivity index (χ1v) is 7.70. The highest BCUT2D eigenvalue weighted by molar-refractivity contribution is 6.35. The van der Waals surface area contributed by atoms with Gasteiger partial charge in [0.15, 0.2) is 0 Å². The molecule has 0 fully saturated rings. The number of phenolic OH excluding ortho intramolecular Hbond substituents is 1. The van der Waals surface area contributed by atoms with E-state index in [4.69, 9.17) is 23.2 Å². The monoisotopic (exact) mass is 323 g/mol. The summed E-state index contributed by atoms with van der Waals surface area (Å²) in [6.45, 7) is 4.83. The summed E-state index contributed by atoms with van der Waals surface area (Å²) in [5, 5.41) is 14.7. The van der Waals surface area contributed by atoms with Gasteiger partial charge >= 0.3 is 0 Å². The van der Waals surface area contributed by atoms with E-state index in [1.165, 1.54) is 0 Å². The van der Waals surface area contributed by atoms with Crippen molar-refractivity contribution in [3.05, 3.63) is 63.1 Å². The summed E-state index contributed by atoms with van der Waals surface area (Å²) in [4.78, 5) is 0. The molecular weight excluding hydrogens is 305 g/mol. The Hall–Kier alpha value is -1.22. The van der Waals surface area contributed by atoms with Crippen molar-refractivity contribution in [1.82, 2.24) is 5.32 Å². The predicted octanol–water partition coefficient (Wildman–Crippen LogP) is 4.90. The average molecular weight is 324 g/mol. The average Bonchev–Trinajstić information content (AvgIpc) is 2.43. The lowest BCUT2D eigenvalue weighted by Crippen LogP contribution is -2.21. The molecule has 0 radical (unpaired) electrons. The molecule has 2 aromatic carbocycles. The Balaban J connectivity index is 1.95. The maximum atomic E-state index is 9.92. The van der Waals surface area contributed by atoms with E-state index in [0.29, 0.717) is 15.8 Å². The summed E-state index contributed by atoms with van der Waals surface area (Å²) in [7, 11) is 0. The number of hydrogen-bond acceptors (Lipinski definition) is 2. The zero-order valence-electron chi connectivity index (χ0n) is 12.2. The quantitative estimate of drug-likeness (QED) is 0.820. The smallest absolute Gasteiger partial charge is 0.120 e. The molecule has 0 aliphatic rings. The molecule has 0 amide bonds. The Morgan fingerprint density at radius 3 is 2.62 bits per heavy atom. The summed E-state index contributed by atoms with van der Waals surface area (Å²) in [6, 6.07) is 11.3. The van der Waals surface area contributed by atoms with Crippen LogP contribution in [0.4, 0.5) is 0 Å². The number of benzene rings is 2. The van der Waals surface area contributed by atoms with E-state index in [9.17, 15) is 5.11 Å². The van der Waals surface area contributed by atoms with Crippen molar-refractivity contribution in [2.24, 2.45) is 0 Å². The van der Waals surface area contributed by atoms with Gasteiger partial charge in [0, 0.05) is 21.7 Å². The Morgan fingerprint density at radius 1 is 1.14 bits per heavy atom. The highest BCUT2D eigenvalue weighted by atomic mass is 35.5. The fourth-order valence-corrected chi connectivity index (χ4v) is 2.78. The summed E-state index contributed by atoms with van der Waals surface area (Å²) in [5.74, 6) is 0.324. The first kappa shape index (κ1) is 16.2. The largest absolute Gasteiger partial charge is 0.508 e. The molecule has 21 heavy (non-hydrogen) atoms. The van der Waals surface area contributed by atoms with Crippen LogP contribution in [0.15, 0.2) is 36.4 Å². The van der Waals surface area contributed by atoms with Crippen molar-refractivity contribution < 1.29 is 5.11 Å². The molecule has 0 aromatic heterocycles. The summed E-state index contributed by atoms with van der Waals surface area (Å²) in [5.41, 5.74) is 3.11. The zero-order chi connectivity index (χ0) is 15.4. The van der Waals surface area contributed by atoms with E-state index < -0.39 is 0 Å². The van der Waals surface area contributed by atoms with Crippen LogP contribution in [0.25, 0.3) is 0 Å². The highest BCUT2D eigenvalue weighted by Gasteiger charge is 2.10. The van der Waals surface area contributed by atoms with Crippen LogP contribution in [0.1, 0.15) is 29.7 Å². The lowest BCUT2D eigenvalue weighted by atomic mass is 10.0. The van der Waals surface area contributed by atoms with Crippen molar-refractivity contribution in [2.75, 3.05) is 6.54 Å². The van der Waals surface area contributed by atoms with E-state index >= 15 is 0 Å².